The van der Waals surface area contributed by atoms with Crippen molar-refractivity contribution in [1.29, 1.82) is 0 Å². The number of carbonyl (C=O) groups excluding carboxylic acids is 2. The van der Waals surface area contributed by atoms with E-state index in [4.69, 9.17) is 14.2 Å². The molecule has 7 heteroatoms. The Bertz CT molecular complexity index is 1460. The quantitative estimate of drug-likeness (QED) is 0.114. The molecule has 7 nitrogen and oxygen atoms in total. The first kappa shape index (κ1) is 29.2. The van der Waals surface area contributed by atoms with Gasteiger partial charge in [-0.25, -0.2) is 0 Å². The molecule has 3 aromatic carbocycles. The zero-order valence-electron chi connectivity index (χ0n) is 24.6. The number of Topliss-reactive ketones (excluding diaryl/α,β-unsaturated/α-hetero) is 1. The van der Waals surface area contributed by atoms with Gasteiger partial charge in [-0.1, -0.05) is 56.2 Å². The van der Waals surface area contributed by atoms with Crippen molar-refractivity contribution in [3.8, 4) is 17.2 Å². The van der Waals surface area contributed by atoms with E-state index in [1.165, 1.54) is 0 Å². The zero-order valence-corrected chi connectivity index (χ0v) is 24.6. The predicted octanol–water partition coefficient (Wildman–Crippen LogP) is 6.64. The maximum absolute atomic E-state index is 13.6. The lowest BCUT2D eigenvalue weighted by Gasteiger charge is -2.26. The highest BCUT2D eigenvalue weighted by Gasteiger charge is 2.46. The third-order valence-corrected chi connectivity index (χ3v) is 7.78. The maximum atomic E-state index is 13.6. The standard InChI is InChI=1S/C35H39NO6/c1-4-6-10-19-41-29-16-13-25(22-30(29)40-5-2)32-31(33(37)26-14-15-28-27(21-26)20-23(3)42-28)34(38)35(39)36(32)18-17-24-11-8-7-9-12-24/h7-9,11-16,21-23,32,37H,4-6,10,17-20H2,1-3H3/t23-,32+/m0/s1. The number of benzene rings is 3. The van der Waals surface area contributed by atoms with Gasteiger partial charge < -0.3 is 24.2 Å². The third-order valence-electron chi connectivity index (χ3n) is 7.78. The molecule has 42 heavy (non-hydrogen) atoms. The number of unbranched alkanes of at least 4 members (excludes halogenated alkanes) is 2. The minimum absolute atomic E-state index is 0.0423. The SMILES string of the molecule is CCCCCOc1ccc([C@@H]2C(=C(O)c3ccc4c(c3)C[C@H](C)O4)C(=O)C(=O)N2CCc2ccccc2)cc1OCC. The van der Waals surface area contributed by atoms with E-state index in [-0.39, 0.29) is 17.4 Å². The molecule has 0 unspecified atom stereocenters. The number of ketones is 1. The average Bonchev–Trinajstić information content (AvgIpc) is 3.50. The van der Waals surface area contributed by atoms with Crippen LogP contribution in [0.1, 0.15) is 68.3 Å². The summed E-state index contributed by atoms with van der Waals surface area (Å²) in [5.74, 6) is 0.409. The number of ether oxygens (including phenoxy) is 3. The summed E-state index contributed by atoms with van der Waals surface area (Å²) in [5.41, 5.74) is 3.24. The topological polar surface area (TPSA) is 85.3 Å². The Balaban J connectivity index is 1.55. The predicted molar refractivity (Wildman–Crippen MR) is 162 cm³/mol. The molecular formula is C35H39NO6. The van der Waals surface area contributed by atoms with E-state index in [1.807, 2.05) is 74.5 Å². The van der Waals surface area contributed by atoms with Crippen LogP contribution in [0.25, 0.3) is 5.76 Å². The highest BCUT2D eigenvalue weighted by molar-refractivity contribution is 6.46. The van der Waals surface area contributed by atoms with Gasteiger partial charge in [0.15, 0.2) is 11.5 Å². The van der Waals surface area contributed by atoms with Crippen LogP contribution < -0.4 is 14.2 Å². The van der Waals surface area contributed by atoms with Crippen molar-refractivity contribution in [3.05, 3.63) is 94.6 Å². The van der Waals surface area contributed by atoms with Crippen LogP contribution in [0.15, 0.2) is 72.3 Å². The molecule has 1 fully saturated rings. The number of carbonyl (C=O) groups is 2. The fourth-order valence-corrected chi connectivity index (χ4v) is 5.69. The lowest BCUT2D eigenvalue weighted by Crippen LogP contribution is -2.31. The number of aliphatic hydroxyl groups excluding tert-OH is 1. The second-order valence-electron chi connectivity index (χ2n) is 10.9. The number of amides is 1. The van der Waals surface area contributed by atoms with Crippen molar-refractivity contribution in [2.75, 3.05) is 19.8 Å². The number of nitrogens with zero attached hydrogens (tertiary/aromatic N) is 1. The first-order valence-corrected chi connectivity index (χ1v) is 14.9. The van der Waals surface area contributed by atoms with Crippen molar-refractivity contribution < 1.29 is 28.9 Å². The van der Waals surface area contributed by atoms with Gasteiger partial charge in [0.1, 0.15) is 17.6 Å². The Kier molecular flexibility index (Phi) is 9.15. The van der Waals surface area contributed by atoms with Crippen molar-refractivity contribution in [2.24, 2.45) is 0 Å². The first-order chi connectivity index (χ1) is 20.4. The zero-order chi connectivity index (χ0) is 29.6. The number of likely N-dealkylation sites (tertiary alicyclic amines) is 1. The van der Waals surface area contributed by atoms with Crippen LogP contribution in [-0.4, -0.2) is 47.6 Å². The third kappa shape index (κ3) is 6.15. The van der Waals surface area contributed by atoms with Crippen LogP contribution in [0.4, 0.5) is 0 Å². The van der Waals surface area contributed by atoms with Crippen molar-refractivity contribution in [2.45, 2.75) is 65.0 Å². The molecule has 1 amide bonds. The normalized spacial score (nSPS) is 19.1. The monoisotopic (exact) mass is 569 g/mol. The summed E-state index contributed by atoms with van der Waals surface area (Å²) < 4.78 is 17.8. The lowest BCUT2D eigenvalue weighted by atomic mass is 9.94. The fraction of sp³-hybridized carbons (Fsp3) is 0.371. The Hall–Kier alpha value is -4.26. The maximum Gasteiger partial charge on any atom is 0.295 e. The molecular weight excluding hydrogens is 530 g/mol. The summed E-state index contributed by atoms with van der Waals surface area (Å²) in [4.78, 5) is 28.7. The molecule has 5 rings (SSSR count). The second-order valence-corrected chi connectivity index (χ2v) is 10.9. The van der Waals surface area contributed by atoms with Crippen LogP contribution >= 0.6 is 0 Å². The number of aliphatic hydroxyl groups is 1. The number of fused-ring (bicyclic) bond motifs is 1. The average molecular weight is 570 g/mol. The van der Waals surface area contributed by atoms with E-state index in [1.54, 1.807) is 11.0 Å². The summed E-state index contributed by atoms with van der Waals surface area (Å²) in [6.45, 7) is 7.35. The summed E-state index contributed by atoms with van der Waals surface area (Å²) in [6, 6.07) is 20.0. The van der Waals surface area contributed by atoms with Gasteiger partial charge in [-0.05, 0) is 73.7 Å². The molecule has 2 atom stereocenters. The summed E-state index contributed by atoms with van der Waals surface area (Å²) >= 11 is 0. The van der Waals surface area contributed by atoms with Crippen LogP contribution in [0.2, 0.25) is 0 Å². The van der Waals surface area contributed by atoms with Gasteiger partial charge in [0.25, 0.3) is 11.7 Å². The molecule has 2 aliphatic heterocycles. The molecule has 0 bridgehead atoms. The van der Waals surface area contributed by atoms with E-state index >= 15 is 0 Å². The Labute approximate surface area is 247 Å². The van der Waals surface area contributed by atoms with Crippen molar-refractivity contribution in [3.63, 3.8) is 0 Å². The number of rotatable bonds is 12. The highest BCUT2D eigenvalue weighted by Crippen LogP contribution is 2.43. The molecule has 0 aliphatic carbocycles. The van der Waals surface area contributed by atoms with E-state index in [2.05, 4.69) is 6.92 Å². The van der Waals surface area contributed by atoms with Gasteiger partial charge in [0.05, 0.1) is 24.8 Å². The molecule has 220 valence electrons. The molecule has 0 aromatic heterocycles. The molecule has 3 aromatic rings. The smallest absolute Gasteiger partial charge is 0.295 e. The molecule has 0 saturated carbocycles. The Morgan fingerprint density at radius 1 is 0.976 bits per heavy atom. The minimum atomic E-state index is -0.787. The molecule has 1 saturated heterocycles. The van der Waals surface area contributed by atoms with Crippen LogP contribution in [-0.2, 0) is 22.4 Å². The van der Waals surface area contributed by atoms with Gasteiger partial charge in [0, 0.05) is 18.5 Å². The molecule has 2 heterocycles. The first-order valence-electron chi connectivity index (χ1n) is 14.9. The van der Waals surface area contributed by atoms with E-state index in [0.29, 0.717) is 55.2 Å². The summed E-state index contributed by atoms with van der Waals surface area (Å²) in [6.07, 6.45) is 4.43. The lowest BCUT2D eigenvalue weighted by molar-refractivity contribution is -0.139. The summed E-state index contributed by atoms with van der Waals surface area (Å²) in [5, 5.41) is 11.6. The Morgan fingerprint density at radius 2 is 1.79 bits per heavy atom. The molecule has 0 radical (unpaired) electrons. The van der Waals surface area contributed by atoms with Gasteiger partial charge in [-0.15, -0.1) is 0 Å². The highest BCUT2D eigenvalue weighted by atomic mass is 16.5. The minimum Gasteiger partial charge on any atom is -0.507 e. The van der Waals surface area contributed by atoms with E-state index < -0.39 is 17.7 Å². The van der Waals surface area contributed by atoms with Crippen molar-refractivity contribution >= 4 is 17.4 Å². The Morgan fingerprint density at radius 3 is 2.55 bits per heavy atom. The van der Waals surface area contributed by atoms with Crippen molar-refractivity contribution in [1.82, 2.24) is 4.90 Å². The summed E-state index contributed by atoms with van der Waals surface area (Å²) in [7, 11) is 0. The molecule has 2 aliphatic rings. The second kappa shape index (κ2) is 13.1. The van der Waals surface area contributed by atoms with Gasteiger partial charge in [-0.2, -0.15) is 0 Å². The largest absolute Gasteiger partial charge is 0.507 e. The van der Waals surface area contributed by atoms with E-state index in [0.717, 1.165) is 36.1 Å². The number of hydrogen-bond acceptors (Lipinski definition) is 6. The molecule has 0 spiro atoms. The molecule has 1 N–H and O–H groups in total. The van der Waals surface area contributed by atoms with Crippen LogP contribution in [0.5, 0.6) is 17.2 Å². The fourth-order valence-electron chi connectivity index (χ4n) is 5.69. The van der Waals surface area contributed by atoms with Gasteiger partial charge in [-0.3, -0.25) is 9.59 Å². The number of hydrogen-bond donors (Lipinski definition) is 1. The van der Waals surface area contributed by atoms with Crippen LogP contribution in [0.3, 0.4) is 0 Å². The van der Waals surface area contributed by atoms with Gasteiger partial charge in [0.2, 0.25) is 0 Å². The van der Waals surface area contributed by atoms with E-state index in [9.17, 15) is 14.7 Å². The van der Waals surface area contributed by atoms with Crippen LogP contribution in [0, 0.1) is 0 Å². The van der Waals surface area contributed by atoms with Gasteiger partial charge >= 0.3 is 0 Å².